The third-order valence-electron chi connectivity index (χ3n) is 10.4. The van der Waals surface area contributed by atoms with Crippen LogP contribution in [0.4, 0.5) is 0 Å². The molecule has 3 nitrogen and oxygen atoms in total. The first kappa shape index (κ1) is 33.9. The van der Waals surface area contributed by atoms with Crippen molar-refractivity contribution in [2.75, 3.05) is 0 Å². The van der Waals surface area contributed by atoms with E-state index in [0.717, 1.165) is 35.7 Å². The quantitative estimate of drug-likeness (QED) is 0.154. The van der Waals surface area contributed by atoms with Crippen LogP contribution in [0.15, 0.2) is 133 Å². The third kappa shape index (κ3) is 6.34. The summed E-state index contributed by atoms with van der Waals surface area (Å²) in [4.78, 5) is 0. The molecule has 0 aliphatic rings. The molecule has 7 aromatic rings. The summed E-state index contributed by atoms with van der Waals surface area (Å²) < 4.78 is 2.33. The number of hydrogen-bond acceptors (Lipinski definition) is 2. The van der Waals surface area contributed by atoms with Crippen LogP contribution in [0.3, 0.4) is 0 Å². The SMILES string of the molecule is CCCC(C)(C)c1nnc(-c2cccc(-c3c(C)c(-c4ccccc4)c(C)c(-c4ccccc4)c3C)c2)n1-c1ccc(C)cc1-c1ccccc1. The largest absolute Gasteiger partial charge is 0.278 e. The van der Waals surface area contributed by atoms with Gasteiger partial charge in [0.25, 0.3) is 0 Å². The van der Waals surface area contributed by atoms with Gasteiger partial charge in [-0.1, -0.05) is 148 Å². The number of benzene rings is 6. The second-order valence-corrected chi connectivity index (χ2v) is 14.5. The van der Waals surface area contributed by atoms with Crippen LogP contribution in [0.5, 0.6) is 0 Å². The summed E-state index contributed by atoms with van der Waals surface area (Å²) in [6.07, 6.45) is 2.06. The van der Waals surface area contributed by atoms with Crippen molar-refractivity contribution in [1.82, 2.24) is 14.8 Å². The van der Waals surface area contributed by atoms with Gasteiger partial charge in [-0.05, 0) is 108 Å². The second-order valence-electron chi connectivity index (χ2n) is 14.5. The lowest BCUT2D eigenvalue weighted by molar-refractivity contribution is 0.437. The lowest BCUT2D eigenvalue weighted by Crippen LogP contribution is -2.23. The predicted molar refractivity (Wildman–Crippen MR) is 215 cm³/mol. The molecule has 0 unspecified atom stereocenters. The van der Waals surface area contributed by atoms with E-state index in [1.807, 2.05) is 0 Å². The number of hydrogen-bond donors (Lipinski definition) is 0. The van der Waals surface area contributed by atoms with Crippen molar-refractivity contribution in [2.45, 2.75) is 66.7 Å². The Morgan fingerprint density at radius 2 is 1.00 bits per heavy atom. The highest BCUT2D eigenvalue weighted by atomic mass is 15.3. The molecule has 0 bridgehead atoms. The van der Waals surface area contributed by atoms with Crippen LogP contribution < -0.4 is 0 Å². The van der Waals surface area contributed by atoms with E-state index in [9.17, 15) is 0 Å². The molecule has 0 spiro atoms. The van der Waals surface area contributed by atoms with Gasteiger partial charge in [-0.2, -0.15) is 0 Å². The summed E-state index contributed by atoms with van der Waals surface area (Å²) in [6.45, 7) is 15.8. The van der Waals surface area contributed by atoms with Crippen molar-refractivity contribution in [1.29, 1.82) is 0 Å². The van der Waals surface area contributed by atoms with Gasteiger partial charge in [0.05, 0.1) is 5.69 Å². The molecule has 3 heteroatoms. The number of nitrogens with zero attached hydrogens (tertiary/aromatic N) is 3. The molecule has 0 saturated heterocycles. The van der Waals surface area contributed by atoms with Gasteiger partial charge in [-0.3, -0.25) is 4.57 Å². The van der Waals surface area contributed by atoms with Gasteiger partial charge in [0.2, 0.25) is 0 Å². The summed E-state index contributed by atoms with van der Waals surface area (Å²) >= 11 is 0. The van der Waals surface area contributed by atoms with Gasteiger partial charge in [0, 0.05) is 16.5 Å². The summed E-state index contributed by atoms with van der Waals surface area (Å²) in [7, 11) is 0. The minimum absolute atomic E-state index is 0.185. The Morgan fingerprint density at radius 3 is 1.55 bits per heavy atom. The van der Waals surface area contributed by atoms with Crippen molar-refractivity contribution < 1.29 is 0 Å². The number of rotatable bonds is 9. The molecule has 254 valence electrons. The minimum Gasteiger partial charge on any atom is -0.278 e. The fourth-order valence-corrected chi connectivity index (χ4v) is 8.11. The van der Waals surface area contributed by atoms with Crippen LogP contribution in [0, 0.1) is 27.7 Å². The Bertz CT molecular complexity index is 2250. The van der Waals surface area contributed by atoms with Crippen LogP contribution >= 0.6 is 0 Å². The smallest absolute Gasteiger partial charge is 0.168 e. The first-order valence-electron chi connectivity index (χ1n) is 18.2. The average Bonchev–Trinajstić information content (AvgIpc) is 3.59. The molecule has 0 fully saturated rings. The van der Waals surface area contributed by atoms with Gasteiger partial charge in [-0.25, -0.2) is 0 Å². The summed E-state index contributed by atoms with van der Waals surface area (Å²) in [6, 6.07) is 48.0. The van der Waals surface area contributed by atoms with E-state index >= 15 is 0 Å². The molecule has 0 aliphatic heterocycles. The van der Waals surface area contributed by atoms with E-state index in [1.165, 1.54) is 66.8 Å². The topological polar surface area (TPSA) is 30.7 Å². The standard InChI is InChI=1S/C48H47N3/c1-8-29-48(6,7)47-50-49-46(51(47)42-28-27-32(2)30-41(42)36-19-12-9-13-20-36)40-26-18-25-39(31-40)45-34(4)43(37-21-14-10-15-22-37)33(3)44(35(45)5)38-23-16-11-17-24-38/h9-28,30-31H,8,29H2,1-7H3. The molecule has 0 radical (unpaired) electrons. The van der Waals surface area contributed by atoms with E-state index in [2.05, 4.69) is 186 Å². The molecule has 7 rings (SSSR count). The summed E-state index contributed by atoms with van der Waals surface area (Å²) in [5.41, 5.74) is 16.9. The maximum Gasteiger partial charge on any atom is 0.168 e. The van der Waals surface area contributed by atoms with Crippen LogP contribution in [-0.2, 0) is 5.41 Å². The van der Waals surface area contributed by atoms with Crippen LogP contribution in [-0.4, -0.2) is 14.8 Å². The second kappa shape index (κ2) is 14.0. The van der Waals surface area contributed by atoms with Gasteiger partial charge >= 0.3 is 0 Å². The maximum absolute atomic E-state index is 5.01. The zero-order valence-corrected chi connectivity index (χ0v) is 31.0. The fraction of sp³-hybridized carbons (Fsp3) is 0.208. The molecule has 51 heavy (non-hydrogen) atoms. The predicted octanol–water partition coefficient (Wildman–Crippen LogP) is 12.9. The Balaban J connectivity index is 1.49. The molecule has 0 aliphatic carbocycles. The van der Waals surface area contributed by atoms with Gasteiger partial charge < -0.3 is 0 Å². The van der Waals surface area contributed by atoms with Gasteiger partial charge in [-0.15, -0.1) is 10.2 Å². The number of aryl methyl sites for hydroxylation is 1. The molecule has 0 saturated carbocycles. The zero-order valence-electron chi connectivity index (χ0n) is 31.0. The fourth-order valence-electron chi connectivity index (χ4n) is 8.11. The molecule has 1 aromatic heterocycles. The first-order valence-corrected chi connectivity index (χ1v) is 18.2. The molecular weight excluding hydrogens is 619 g/mol. The van der Waals surface area contributed by atoms with Crippen molar-refractivity contribution in [3.63, 3.8) is 0 Å². The van der Waals surface area contributed by atoms with E-state index < -0.39 is 0 Å². The number of aromatic nitrogens is 3. The van der Waals surface area contributed by atoms with Crippen LogP contribution in [0.1, 0.15) is 61.7 Å². The van der Waals surface area contributed by atoms with E-state index in [1.54, 1.807) is 0 Å². The van der Waals surface area contributed by atoms with Gasteiger partial charge in [0.15, 0.2) is 5.82 Å². The Kier molecular flexibility index (Phi) is 9.31. The van der Waals surface area contributed by atoms with E-state index in [0.29, 0.717) is 0 Å². The highest BCUT2D eigenvalue weighted by molar-refractivity contribution is 5.92. The summed E-state index contributed by atoms with van der Waals surface area (Å²) in [5.74, 6) is 1.83. The van der Waals surface area contributed by atoms with Crippen molar-refractivity contribution in [2.24, 2.45) is 0 Å². The highest BCUT2D eigenvalue weighted by Crippen LogP contribution is 2.45. The third-order valence-corrected chi connectivity index (χ3v) is 10.4. The van der Waals surface area contributed by atoms with Gasteiger partial charge in [0.1, 0.15) is 5.82 Å². The first-order chi connectivity index (χ1) is 24.7. The van der Waals surface area contributed by atoms with Crippen molar-refractivity contribution >= 4 is 0 Å². The minimum atomic E-state index is -0.185. The molecular formula is C48H47N3. The highest BCUT2D eigenvalue weighted by Gasteiger charge is 2.30. The molecule has 0 amide bonds. The lowest BCUT2D eigenvalue weighted by atomic mass is 9.80. The molecule has 0 N–H and O–H groups in total. The van der Waals surface area contributed by atoms with Crippen LogP contribution in [0.2, 0.25) is 0 Å². The molecule has 0 atom stereocenters. The monoisotopic (exact) mass is 665 g/mol. The van der Waals surface area contributed by atoms with Crippen LogP contribution in [0.25, 0.3) is 61.6 Å². The Hall–Kier alpha value is -5.54. The lowest BCUT2D eigenvalue weighted by Gasteiger charge is -2.26. The maximum atomic E-state index is 5.01. The molecule has 6 aromatic carbocycles. The zero-order chi connectivity index (χ0) is 35.7. The van der Waals surface area contributed by atoms with Crippen molar-refractivity contribution in [3.8, 4) is 61.6 Å². The van der Waals surface area contributed by atoms with E-state index in [4.69, 9.17) is 10.2 Å². The average molecular weight is 666 g/mol. The normalized spacial score (nSPS) is 11.6. The van der Waals surface area contributed by atoms with Crippen molar-refractivity contribution in [3.05, 3.63) is 162 Å². The molecule has 1 heterocycles. The Labute approximate surface area is 303 Å². The van der Waals surface area contributed by atoms with E-state index in [-0.39, 0.29) is 5.41 Å². The Morgan fingerprint density at radius 1 is 0.510 bits per heavy atom. The summed E-state index contributed by atoms with van der Waals surface area (Å²) in [5, 5.41) is 9.99.